The normalized spacial score (nSPS) is 10.1. The summed E-state index contributed by atoms with van der Waals surface area (Å²) in [6.45, 7) is 0. The van der Waals surface area contributed by atoms with Crippen LogP contribution in [0.25, 0.3) is 0 Å². The second kappa shape index (κ2) is 5.70. The quantitative estimate of drug-likeness (QED) is 0.856. The van der Waals surface area contributed by atoms with Crippen molar-refractivity contribution in [2.24, 2.45) is 0 Å². The second-order valence-corrected chi connectivity index (χ2v) is 5.17. The van der Waals surface area contributed by atoms with Gasteiger partial charge in [0.25, 0.3) is 0 Å². The van der Waals surface area contributed by atoms with Gasteiger partial charge in [0.2, 0.25) is 0 Å². The maximum atomic E-state index is 10.7. The van der Waals surface area contributed by atoms with Gasteiger partial charge in [0.15, 0.2) is 0 Å². The van der Waals surface area contributed by atoms with Crippen molar-refractivity contribution in [1.82, 2.24) is 9.97 Å². The third kappa shape index (κ3) is 3.47. The van der Waals surface area contributed by atoms with Crippen molar-refractivity contribution in [3.63, 3.8) is 0 Å². The summed E-state index contributed by atoms with van der Waals surface area (Å²) in [7, 11) is 2.83. The Balaban J connectivity index is 2.04. The number of carboxylic acid groups (broad SMARTS) is 1. The Hall–Kier alpha value is -1.53. The molecule has 17 heavy (non-hydrogen) atoms. The van der Waals surface area contributed by atoms with Gasteiger partial charge in [-0.05, 0) is 45.9 Å². The number of aromatic carboxylic acids is 1. The van der Waals surface area contributed by atoms with Gasteiger partial charge in [-0.15, -0.1) is 0 Å². The van der Waals surface area contributed by atoms with Crippen LogP contribution in [0, 0.1) is 0 Å². The van der Waals surface area contributed by atoms with Crippen molar-refractivity contribution >= 4 is 27.6 Å². The summed E-state index contributed by atoms with van der Waals surface area (Å²) in [4.78, 5) is 18.9. The molecule has 0 amide bonds. The van der Waals surface area contributed by atoms with Crippen LogP contribution in [0.2, 0.25) is 0 Å². The summed E-state index contributed by atoms with van der Waals surface area (Å²) in [5, 5.41) is 10.3. The van der Waals surface area contributed by atoms with E-state index in [2.05, 4.69) is 9.97 Å². The summed E-state index contributed by atoms with van der Waals surface area (Å²) < 4.78 is 0. The molecular weight excluding hydrogens is 256 g/mol. The number of carbonyl (C=O) groups is 1. The minimum atomic E-state index is -1.02. The van der Waals surface area contributed by atoms with Crippen molar-refractivity contribution in [2.75, 3.05) is 0 Å². The average Bonchev–Trinajstić information content (AvgIpc) is 2.38. The minimum Gasteiger partial charge on any atom is -0.477 e. The first-order valence-electron chi connectivity index (χ1n) is 4.71. The molecule has 0 saturated heterocycles. The van der Waals surface area contributed by atoms with Crippen molar-refractivity contribution in [1.29, 1.82) is 0 Å². The molecule has 2 aromatic rings. The molecule has 0 unspecified atom stereocenters. The lowest BCUT2D eigenvalue weighted by Crippen LogP contribution is -1.99. The number of pyridine rings is 2. The molecule has 0 fully saturated rings. The first kappa shape index (κ1) is 11.9. The fraction of sp³-hybridized carbons (Fsp3) is 0. The molecule has 0 bridgehead atoms. The molecule has 2 rings (SSSR count). The Labute approximate surface area is 106 Å². The number of nitrogens with zero attached hydrogens (tertiary/aromatic N) is 2. The molecule has 0 aromatic carbocycles. The molecule has 0 aliphatic heterocycles. The highest BCUT2D eigenvalue weighted by Crippen LogP contribution is 2.34. The van der Waals surface area contributed by atoms with Crippen LogP contribution in [0.1, 0.15) is 10.5 Å². The minimum absolute atomic E-state index is 0.0524. The second-order valence-electron chi connectivity index (χ2n) is 3.00. The molecule has 4 nitrogen and oxygen atoms in total. The zero-order valence-electron chi connectivity index (χ0n) is 8.61. The van der Waals surface area contributed by atoms with E-state index in [4.69, 9.17) is 5.11 Å². The topological polar surface area (TPSA) is 63.1 Å². The maximum Gasteiger partial charge on any atom is 0.354 e. The predicted molar refractivity (Wildman–Crippen MR) is 67.1 cm³/mol. The van der Waals surface area contributed by atoms with Gasteiger partial charge < -0.3 is 5.11 Å². The van der Waals surface area contributed by atoms with Gasteiger partial charge >= 0.3 is 5.97 Å². The number of rotatable bonds is 4. The van der Waals surface area contributed by atoms with Crippen LogP contribution in [-0.4, -0.2) is 21.0 Å². The van der Waals surface area contributed by atoms with E-state index >= 15 is 0 Å². The standard InChI is InChI=1S/C11H8N2O2S2/c14-11(15)8-4-3-6-10(13-8)17-16-9-5-1-2-7-12-9/h1-7H,(H,14,15). The van der Waals surface area contributed by atoms with Crippen LogP contribution in [-0.2, 0) is 0 Å². The summed E-state index contributed by atoms with van der Waals surface area (Å²) in [6, 6.07) is 10.6. The molecule has 1 N–H and O–H groups in total. The van der Waals surface area contributed by atoms with Gasteiger partial charge in [0.1, 0.15) is 15.7 Å². The highest BCUT2D eigenvalue weighted by atomic mass is 33.1. The summed E-state index contributed by atoms with van der Waals surface area (Å²) >= 11 is 0. The van der Waals surface area contributed by atoms with E-state index in [0.717, 1.165) is 5.03 Å². The lowest BCUT2D eigenvalue weighted by Gasteiger charge is -2.00. The van der Waals surface area contributed by atoms with E-state index in [-0.39, 0.29) is 5.69 Å². The molecular formula is C11H8N2O2S2. The molecule has 0 aliphatic carbocycles. The van der Waals surface area contributed by atoms with Crippen molar-refractivity contribution in [2.45, 2.75) is 10.1 Å². The molecule has 86 valence electrons. The first-order valence-corrected chi connectivity index (χ1v) is 6.86. The molecule has 2 heterocycles. The molecule has 0 radical (unpaired) electrons. The first-order chi connectivity index (χ1) is 8.25. The van der Waals surface area contributed by atoms with Crippen molar-refractivity contribution < 1.29 is 9.90 Å². The highest BCUT2D eigenvalue weighted by Gasteiger charge is 2.06. The van der Waals surface area contributed by atoms with Crippen LogP contribution in [0.4, 0.5) is 0 Å². The maximum absolute atomic E-state index is 10.7. The Bertz CT molecular complexity index is 520. The van der Waals surface area contributed by atoms with Crippen LogP contribution in [0.5, 0.6) is 0 Å². The SMILES string of the molecule is O=C(O)c1cccc(SSc2ccccn2)n1. The number of hydrogen-bond acceptors (Lipinski definition) is 5. The average molecular weight is 264 g/mol. The van der Waals surface area contributed by atoms with E-state index in [1.54, 1.807) is 18.3 Å². The van der Waals surface area contributed by atoms with Crippen molar-refractivity contribution in [3.05, 3.63) is 48.3 Å². The van der Waals surface area contributed by atoms with Gasteiger partial charge in [-0.25, -0.2) is 14.8 Å². The Morgan fingerprint density at radius 2 is 1.82 bits per heavy atom. The zero-order chi connectivity index (χ0) is 12.1. The van der Waals surface area contributed by atoms with Crippen LogP contribution >= 0.6 is 21.6 Å². The molecule has 0 spiro atoms. The summed E-state index contributed by atoms with van der Waals surface area (Å²) in [6.07, 6.45) is 1.71. The van der Waals surface area contributed by atoms with Crippen LogP contribution < -0.4 is 0 Å². The largest absolute Gasteiger partial charge is 0.477 e. The van der Waals surface area contributed by atoms with Gasteiger partial charge in [-0.1, -0.05) is 12.1 Å². The molecule has 2 aromatic heterocycles. The van der Waals surface area contributed by atoms with E-state index in [0.29, 0.717) is 5.03 Å². The highest BCUT2D eigenvalue weighted by molar-refractivity contribution is 8.76. The van der Waals surface area contributed by atoms with Crippen LogP contribution in [0.15, 0.2) is 52.6 Å². The summed E-state index contributed by atoms with van der Waals surface area (Å²) in [5.41, 5.74) is 0.0524. The van der Waals surface area contributed by atoms with Gasteiger partial charge in [-0.2, -0.15) is 0 Å². The van der Waals surface area contributed by atoms with Crippen LogP contribution in [0.3, 0.4) is 0 Å². The van der Waals surface area contributed by atoms with Gasteiger partial charge in [0, 0.05) is 6.20 Å². The van der Waals surface area contributed by atoms with Gasteiger partial charge in [0.05, 0.1) is 0 Å². The number of carboxylic acids is 1. The fourth-order valence-electron chi connectivity index (χ4n) is 1.06. The third-order valence-corrected chi connectivity index (χ3v) is 3.96. The van der Waals surface area contributed by atoms with Crippen molar-refractivity contribution in [3.8, 4) is 0 Å². The Morgan fingerprint density at radius 1 is 1.06 bits per heavy atom. The van der Waals surface area contributed by atoms with E-state index < -0.39 is 5.97 Å². The fourth-order valence-corrected chi connectivity index (χ4v) is 2.83. The third-order valence-electron chi connectivity index (χ3n) is 1.79. The Kier molecular flexibility index (Phi) is 4.00. The van der Waals surface area contributed by atoms with E-state index in [1.165, 1.54) is 27.7 Å². The lowest BCUT2D eigenvalue weighted by atomic mass is 10.4. The smallest absolute Gasteiger partial charge is 0.354 e. The lowest BCUT2D eigenvalue weighted by molar-refractivity contribution is 0.0689. The predicted octanol–water partition coefficient (Wildman–Crippen LogP) is 2.97. The molecule has 0 aliphatic rings. The number of aromatic nitrogens is 2. The molecule has 0 atom stereocenters. The summed E-state index contributed by atoms with van der Waals surface area (Å²) in [5.74, 6) is -1.02. The Morgan fingerprint density at radius 3 is 2.53 bits per heavy atom. The zero-order valence-corrected chi connectivity index (χ0v) is 10.2. The molecule has 6 heteroatoms. The molecule has 0 saturated carbocycles. The van der Waals surface area contributed by atoms with E-state index in [1.807, 2.05) is 18.2 Å². The van der Waals surface area contributed by atoms with E-state index in [9.17, 15) is 4.79 Å². The monoisotopic (exact) mass is 264 g/mol. The number of hydrogen-bond donors (Lipinski definition) is 1. The van der Waals surface area contributed by atoms with Gasteiger partial charge in [-0.3, -0.25) is 0 Å².